The van der Waals surface area contributed by atoms with E-state index in [1.165, 1.54) is 0 Å². The van der Waals surface area contributed by atoms with E-state index >= 15 is 0 Å². The Morgan fingerprint density at radius 1 is 1.36 bits per heavy atom. The van der Waals surface area contributed by atoms with Crippen molar-refractivity contribution in [2.24, 2.45) is 0 Å². The Labute approximate surface area is 75.9 Å². The quantitative estimate of drug-likeness (QED) is 0.697. The molecule has 1 rings (SSSR count). The number of hydrogen-bond acceptors (Lipinski definition) is 1. The second-order valence-corrected chi connectivity index (χ2v) is 2.93. The zero-order valence-corrected chi connectivity index (χ0v) is 7.62. The maximum atomic E-state index is 5.86. The van der Waals surface area contributed by atoms with Gasteiger partial charge in [-0.3, -0.25) is 0 Å². The van der Waals surface area contributed by atoms with Crippen LogP contribution in [0, 0.1) is 0 Å². The number of hydrogen-bond donors (Lipinski definition) is 0. The van der Waals surface area contributed by atoms with Gasteiger partial charge in [-0.25, -0.2) is 0 Å². The van der Waals surface area contributed by atoms with Crippen molar-refractivity contribution in [3.05, 3.63) is 33.8 Å². The molecule has 0 fully saturated rings. The summed E-state index contributed by atoms with van der Waals surface area (Å²) in [5, 5.41) is 1.15. The predicted molar refractivity (Wildman–Crippen MR) is 47.2 cm³/mol. The first-order valence-corrected chi connectivity index (χ1v) is 3.93. The van der Waals surface area contributed by atoms with Crippen molar-refractivity contribution in [1.29, 1.82) is 0 Å². The minimum absolute atomic E-state index is 0.499. The van der Waals surface area contributed by atoms with Crippen molar-refractivity contribution >= 4 is 23.2 Å². The van der Waals surface area contributed by atoms with Gasteiger partial charge in [0.05, 0.1) is 16.7 Å². The highest BCUT2D eigenvalue weighted by atomic mass is 35.5. The van der Waals surface area contributed by atoms with Gasteiger partial charge in [0.2, 0.25) is 0 Å². The molecule has 1 nitrogen and oxygen atoms in total. The molecule has 0 heterocycles. The summed E-state index contributed by atoms with van der Waals surface area (Å²) in [7, 11) is 1.62. The average molecular weight is 191 g/mol. The van der Waals surface area contributed by atoms with Gasteiger partial charge in [-0.05, 0) is 11.6 Å². The van der Waals surface area contributed by atoms with Gasteiger partial charge in [0.25, 0.3) is 0 Å². The summed E-state index contributed by atoms with van der Waals surface area (Å²) in [5.41, 5.74) is 0.918. The van der Waals surface area contributed by atoms with Crippen LogP contribution in [0.15, 0.2) is 18.2 Å². The van der Waals surface area contributed by atoms with Crippen LogP contribution in [0.25, 0.3) is 0 Å². The monoisotopic (exact) mass is 190 g/mol. The second-order valence-electron chi connectivity index (χ2n) is 2.15. The molecule has 60 valence electrons. The van der Waals surface area contributed by atoms with E-state index in [-0.39, 0.29) is 0 Å². The fourth-order valence-corrected chi connectivity index (χ4v) is 1.19. The molecule has 0 atom stereocenters. The van der Waals surface area contributed by atoms with Gasteiger partial charge >= 0.3 is 0 Å². The first-order chi connectivity index (χ1) is 5.25. The zero-order valence-electron chi connectivity index (χ0n) is 6.10. The summed E-state index contributed by atoms with van der Waals surface area (Å²) >= 11 is 11.6. The minimum Gasteiger partial charge on any atom is -0.380 e. The molecule has 0 saturated heterocycles. The standard InChI is InChI=1S/C8H8Cl2O/c1-11-5-6-3-2-4-7(9)8(6)10/h2-4H,5H2,1H3. The Hall–Kier alpha value is -0.240. The molecule has 0 aliphatic rings. The lowest BCUT2D eigenvalue weighted by Gasteiger charge is -2.02. The van der Waals surface area contributed by atoms with Crippen molar-refractivity contribution in [2.45, 2.75) is 6.61 Å². The third-order valence-corrected chi connectivity index (χ3v) is 2.19. The molecule has 0 bridgehead atoms. The van der Waals surface area contributed by atoms with E-state index in [1.54, 1.807) is 13.2 Å². The van der Waals surface area contributed by atoms with Crippen molar-refractivity contribution in [1.82, 2.24) is 0 Å². The average Bonchev–Trinajstić information content (AvgIpc) is 1.99. The van der Waals surface area contributed by atoms with Gasteiger partial charge in [-0.15, -0.1) is 0 Å². The summed E-state index contributed by atoms with van der Waals surface area (Å²) < 4.78 is 4.92. The lowest BCUT2D eigenvalue weighted by molar-refractivity contribution is 0.185. The van der Waals surface area contributed by atoms with Gasteiger partial charge < -0.3 is 4.74 Å². The van der Waals surface area contributed by atoms with E-state index in [1.807, 2.05) is 12.1 Å². The molecule has 0 spiro atoms. The largest absolute Gasteiger partial charge is 0.380 e. The van der Waals surface area contributed by atoms with Crippen LogP contribution in [0.3, 0.4) is 0 Å². The molecule has 0 unspecified atom stereocenters. The smallest absolute Gasteiger partial charge is 0.0728 e. The normalized spacial score (nSPS) is 10.1. The molecule has 0 aliphatic heterocycles. The van der Waals surface area contributed by atoms with E-state index in [4.69, 9.17) is 27.9 Å². The molecule has 3 heteroatoms. The molecular weight excluding hydrogens is 183 g/mol. The number of ether oxygens (including phenoxy) is 1. The van der Waals surface area contributed by atoms with Crippen molar-refractivity contribution in [3.8, 4) is 0 Å². The fraction of sp³-hybridized carbons (Fsp3) is 0.250. The predicted octanol–water partition coefficient (Wildman–Crippen LogP) is 3.14. The topological polar surface area (TPSA) is 9.23 Å². The van der Waals surface area contributed by atoms with E-state index in [0.717, 1.165) is 5.56 Å². The van der Waals surface area contributed by atoms with Crippen LogP contribution < -0.4 is 0 Å². The highest BCUT2D eigenvalue weighted by Crippen LogP contribution is 2.25. The highest BCUT2D eigenvalue weighted by Gasteiger charge is 2.02. The van der Waals surface area contributed by atoms with Crippen LogP contribution in [0.4, 0.5) is 0 Å². The summed E-state index contributed by atoms with van der Waals surface area (Å²) in [5.74, 6) is 0. The Bertz CT molecular complexity index is 248. The van der Waals surface area contributed by atoms with E-state index < -0.39 is 0 Å². The SMILES string of the molecule is COCc1cccc(Cl)c1Cl. The number of benzene rings is 1. The molecule has 0 N–H and O–H groups in total. The summed E-state index contributed by atoms with van der Waals surface area (Å²) in [6.07, 6.45) is 0. The highest BCUT2D eigenvalue weighted by molar-refractivity contribution is 6.42. The Morgan fingerprint density at radius 3 is 2.73 bits per heavy atom. The number of rotatable bonds is 2. The Balaban J connectivity index is 2.96. The van der Waals surface area contributed by atoms with E-state index in [0.29, 0.717) is 16.7 Å². The molecule has 11 heavy (non-hydrogen) atoms. The maximum absolute atomic E-state index is 5.86. The summed E-state index contributed by atoms with van der Waals surface area (Å²) in [6.45, 7) is 0.499. The summed E-state index contributed by atoms with van der Waals surface area (Å²) in [4.78, 5) is 0. The van der Waals surface area contributed by atoms with Crippen molar-refractivity contribution < 1.29 is 4.74 Å². The van der Waals surface area contributed by atoms with Gasteiger partial charge in [0, 0.05) is 7.11 Å². The molecule has 1 aromatic rings. The molecular formula is C8H8Cl2O. The third-order valence-electron chi connectivity index (χ3n) is 1.33. The van der Waals surface area contributed by atoms with E-state index in [9.17, 15) is 0 Å². The van der Waals surface area contributed by atoms with Crippen molar-refractivity contribution in [2.75, 3.05) is 7.11 Å². The number of methoxy groups -OCH3 is 1. The van der Waals surface area contributed by atoms with Gasteiger partial charge in [0.1, 0.15) is 0 Å². The Kier molecular flexibility index (Phi) is 3.18. The molecule has 0 aliphatic carbocycles. The van der Waals surface area contributed by atoms with Crippen LogP contribution in [-0.4, -0.2) is 7.11 Å². The summed E-state index contributed by atoms with van der Waals surface area (Å²) in [6, 6.07) is 5.49. The molecule has 0 aromatic heterocycles. The molecule has 0 amide bonds. The van der Waals surface area contributed by atoms with Crippen LogP contribution >= 0.6 is 23.2 Å². The van der Waals surface area contributed by atoms with Crippen LogP contribution in [0.2, 0.25) is 10.0 Å². The van der Waals surface area contributed by atoms with Gasteiger partial charge in [-0.2, -0.15) is 0 Å². The second kappa shape index (κ2) is 3.96. The maximum Gasteiger partial charge on any atom is 0.0728 e. The van der Waals surface area contributed by atoms with Crippen LogP contribution in [0.5, 0.6) is 0 Å². The molecule has 0 saturated carbocycles. The fourth-order valence-electron chi connectivity index (χ4n) is 0.815. The first kappa shape index (κ1) is 8.85. The number of halogens is 2. The molecule has 1 aromatic carbocycles. The van der Waals surface area contributed by atoms with Gasteiger partial charge in [-0.1, -0.05) is 35.3 Å². The van der Waals surface area contributed by atoms with Crippen molar-refractivity contribution in [3.63, 3.8) is 0 Å². The lowest BCUT2D eigenvalue weighted by atomic mass is 10.2. The first-order valence-electron chi connectivity index (χ1n) is 3.17. The third kappa shape index (κ3) is 2.09. The zero-order chi connectivity index (χ0) is 8.27. The van der Waals surface area contributed by atoms with Gasteiger partial charge in [0.15, 0.2) is 0 Å². The minimum atomic E-state index is 0.499. The van der Waals surface area contributed by atoms with Crippen LogP contribution in [-0.2, 0) is 11.3 Å². The Morgan fingerprint density at radius 2 is 2.09 bits per heavy atom. The molecule has 0 radical (unpaired) electrons. The lowest BCUT2D eigenvalue weighted by Crippen LogP contribution is -1.88. The van der Waals surface area contributed by atoms with Crippen LogP contribution in [0.1, 0.15) is 5.56 Å². The van der Waals surface area contributed by atoms with E-state index in [2.05, 4.69) is 0 Å².